The molecule has 2 aromatic carbocycles. The van der Waals surface area contributed by atoms with Crippen LogP contribution in [0.2, 0.25) is 0 Å². The molecule has 0 atom stereocenters. The lowest BCUT2D eigenvalue weighted by atomic mass is 9.98. The van der Waals surface area contributed by atoms with Gasteiger partial charge in [0.15, 0.2) is 0 Å². The zero-order chi connectivity index (χ0) is 36.5. The van der Waals surface area contributed by atoms with E-state index in [0.29, 0.717) is 43.7 Å². The van der Waals surface area contributed by atoms with Gasteiger partial charge in [-0.3, -0.25) is 4.79 Å². The van der Waals surface area contributed by atoms with Crippen LogP contribution in [0.25, 0.3) is 10.9 Å². The van der Waals surface area contributed by atoms with E-state index in [1.54, 1.807) is 31.5 Å². The monoisotopic (exact) mass is 715 g/mol. The van der Waals surface area contributed by atoms with Crippen LogP contribution in [0.1, 0.15) is 75.7 Å². The molecule has 274 valence electrons. The number of nitrogens with one attached hydrogen (secondary N) is 1. The maximum absolute atomic E-state index is 14.4. The Labute approximate surface area is 309 Å². The van der Waals surface area contributed by atoms with Crippen molar-refractivity contribution in [2.45, 2.75) is 64.8 Å². The Kier molecular flexibility index (Phi) is 9.80. The fourth-order valence-corrected chi connectivity index (χ4v) is 7.37. The molecule has 2 fully saturated rings. The van der Waals surface area contributed by atoms with Crippen LogP contribution in [0, 0.1) is 12.8 Å². The van der Waals surface area contributed by atoms with Crippen molar-refractivity contribution in [3.8, 4) is 11.5 Å². The second kappa shape index (κ2) is 15.0. The molecule has 1 saturated carbocycles. The molecule has 1 aliphatic carbocycles. The van der Waals surface area contributed by atoms with Gasteiger partial charge in [-0.05, 0) is 80.0 Å². The van der Waals surface area contributed by atoms with Crippen LogP contribution in [0.3, 0.4) is 0 Å². The summed E-state index contributed by atoms with van der Waals surface area (Å²) >= 11 is 0. The molecule has 1 amide bonds. The number of fused-ring (bicyclic) bond motifs is 3. The standard InChI is InChI=1S/C41H45N7O5/c1-25-36(10-11-38(45-25)47-14-12-26(22-49)13-15-47)48(41(50)30-19-42-39(43-20-30)28-5-6-28)21-27-4-9-32-33-23-53-24-34(33)40(46-35(32)16-27)44-18-29-7-8-31(51-2)17-37(29)52-3/h4,7-11,16-17,19-20,26,28,49H,5-6,12-15,18,21-24H2,1-3H3,(H,44,46). The SMILES string of the molecule is COc1ccc(CNc2nc3cc(CN(C(=O)c4cnc(C5CC5)nc4)c4ccc(N5CCC(CO)CC5)nc4C)ccc3c3c2COC3)c(OC)c1. The minimum absolute atomic E-state index is 0.194. The van der Waals surface area contributed by atoms with Gasteiger partial charge in [-0.15, -0.1) is 0 Å². The summed E-state index contributed by atoms with van der Waals surface area (Å²) in [6.45, 7) is 5.64. The molecule has 5 heterocycles. The number of hydrogen-bond donors (Lipinski definition) is 2. The van der Waals surface area contributed by atoms with E-state index in [4.69, 9.17) is 24.2 Å². The minimum atomic E-state index is -0.194. The van der Waals surface area contributed by atoms with Gasteiger partial charge in [-0.1, -0.05) is 12.1 Å². The lowest BCUT2D eigenvalue weighted by Crippen LogP contribution is -2.36. The Morgan fingerprint density at radius 1 is 0.962 bits per heavy atom. The molecule has 3 aliphatic rings. The third-order valence-corrected chi connectivity index (χ3v) is 10.7. The number of methoxy groups -OCH3 is 2. The molecular formula is C41H45N7O5. The van der Waals surface area contributed by atoms with Gasteiger partial charge >= 0.3 is 0 Å². The summed E-state index contributed by atoms with van der Waals surface area (Å²) in [4.78, 5) is 37.6. The molecule has 0 radical (unpaired) electrons. The molecule has 3 aromatic heterocycles. The van der Waals surface area contributed by atoms with E-state index in [2.05, 4.69) is 38.4 Å². The van der Waals surface area contributed by atoms with Gasteiger partial charge < -0.3 is 34.4 Å². The number of hydrogen-bond acceptors (Lipinski definition) is 11. The maximum atomic E-state index is 14.4. The predicted molar refractivity (Wildman–Crippen MR) is 203 cm³/mol. The number of amides is 1. The van der Waals surface area contributed by atoms with E-state index in [9.17, 15) is 9.90 Å². The summed E-state index contributed by atoms with van der Waals surface area (Å²) in [6.07, 6.45) is 7.34. The predicted octanol–water partition coefficient (Wildman–Crippen LogP) is 6.32. The second-order valence-corrected chi connectivity index (χ2v) is 14.2. The summed E-state index contributed by atoms with van der Waals surface area (Å²) in [5.74, 6) is 4.44. The molecule has 2 N–H and O–H groups in total. The van der Waals surface area contributed by atoms with Crippen molar-refractivity contribution in [2.24, 2.45) is 5.92 Å². The minimum Gasteiger partial charge on any atom is -0.497 e. The number of carbonyl (C=O) groups is 1. The molecule has 53 heavy (non-hydrogen) atoms. The molecule has 0 bridgehead atoms. The fraction of sp³-hybridized carbons (Fsp3) is 0.390. The van der Waals surface area contributed by atoms with Crippen LogP contribution in [-0.4, -0.2) is 64.9 Å². The topological polar surface area (TPSA) is 135 Å². The first-order valence-electron chi connectivity index (χ1n) is 18.4. The summed E-state index contributed by atoms with van der Waals surface area (Å²) in [6, 6.07) is 16.0. The Morgan fingerprint density at radius 2 is 1.75 bits per heavy atom. The van der Waals surface area contributed by atoms with Crippen LogP contribution in [0.5, 0.6) is 11.5 Å². The van der Waals surface area contributed by atoms with Crippen molar-refractivity contribution in [1.29, 1.82) is 0 Å². The van der Waals surface area contributed by atoms with Crippen molar-refractivity contribution in [2.75, 3.05) is 49.0 Å². The Hall–Kier alpha value is -5.33. The van der Waals surface area contributed by atoms with Gasteiger partial charge in [0.1, 0.15) is 29.0 Å². The smallest absolute Gasteiger partial charge is 0.261 e. The zero-order valence-electron chi connectivity index (χ0n) is 30.5. The van der Waals surface area contributed by atoms with Crippen LogP contribution in [0.15, 0.2) is 60.9 Å². The second-order valence-electron chi connectivity index (χ2n) is 14.2. The number of nitrogens with zero attached hydrogens (tertiary/aromatic N) is 6. The fourth-order valence-electron chi connectivity index (χ4n) is 7.37. The van der Waals surface area contributed by atoms with Gasteiger partial charge in [0.05, 0.1) is 56.4 Å². The van der Waals surface area contributed by atoms with E-state index in [0.717, 1.165) is 112 Å². The van der Waals surface area contributed by atoms with E-state index in [1.165, 1.54) is 0 Å². The first kappa shape index (κ1) is 34.7. The summed E-state index contributed by atoms with van der Waals surface area (Å²) in [5.41, 5.74) is 6.79. The lowest BCUT2D eigenvalue weighted by Gasteiger charge is -2.33. The van der Waals surface area contributed by atoms with Crippen molar-refractivity contribution in [3.05, 3.63) is 100 Å². The van der Waals surface area contributed by atoms with Crippen molar-refractivity contribution in [3.63, 3.8) is 0 Å². The number of anilines is 3. The first-order chi connectivity index (χ1) is 25.9. The Morgan fingerprint density at radius 3 is 2.47 bits per heavy atom. The molecule has 0 unspecified atom stereocenters. The zero-order valence-corrected chi connectivity index (χ0v) is 30.5. The number of carbonyl (C=O) groups excluding carboxylic acids is 1. The average molecular weight is 716 g/mol. The van der Waals surface area contributed by atoms with Crippen LogP contribution < -0.4 is 24.6 Å². The third-order valence-electron chi connectivity index (χ3n) is 10.7. The number of benzene rings is 2. The molecule has 12 nitrogen and oxygen atoms in total. The molecule has 0 spiro atoms. The lowest BCUT2D eigenvalue weighted by molar-refractivity contribution is 0.0984. The largest absolute Gasteiger partial charge is 0.497 e. The van der Waals surface area contributed by atoms with Crippen molar-refractivity contribution >= 4 is 34.1 Å². The van der Waals surface area contributed by atoms with Crippen LogP contribution in [-0.2, 0) is 31.0 Å². The normalized spacial score (nSPS) is 15.7. The van der Waals surface area contributed by atoms with E-state index < -0.39 is 0 Å². The number of rotatable bonds is 12. The number of ether oxygens (including phenoxy) is 3. The number of aliphatic hydroxyl groups is 1. The van der Waals surface area contributed by atoms with Gasteiger partial charge in [0.25, 0.3) is 5.91 Å². The van der Waals surface area contributed by atoms with Gasteiger partial charge in [0.2, 0.25) is 0 Å². The highest BCUT2D eigenvalue weighted by molar-refractivity contribution is 6.06. The maximum Gasteiger partial charge on any atom is 0.261 e. The molecule has 5 aromatic rings. The van der Waals surface area contributed by atoms with E-state index >= 15 is 0 Å². The average Bonchev–Trinajstić information content (AvgIpc) is 3.94. The Bertz CT molecular complexity index is 2130. The number of aryl methyl sites for hydroxylation is 1. The summed E-state index contributed by atoms with van der Waals surface area (Å²) in [5, 5.41) is 14.2. The molecular weight excluding hydrogens is 670 g/mol. The van der Waals surface area contributed by atoms with Crippen molar-refractivity contribution < 1.29 is 24.1 Å². The molecule has 12 heteroatoms. The highest BCUT2D eigenvalue weighted by Gasteiger charge is 2.28. The first-order valence-corrected chi connectivity index (χ1v) is 18.4. The van der Waals surface area contributed by atoms with Crippen LogP contribution >= 0.6 is 0 Å². The quantitative estimate of drug-likeness (QED) is 0.150. The number of pyridine rings is 2. The summed E-state index contributed by atoms with van der Waals surface area (Å²) < 4.78 is 16.9. The highest BCUT2D eigenvalue weighted by Crippen LogP contribution is 2.38. The van der Waals surface area contributed by atoms with Gasteiger partial charge in [-0.25, -0.2) is 19.9 Å². The third kappa shape index (κ3) is 7.21. The van der Waals surface area contributed by atoms with Crippen LogP contribution in [0.4, 0.5) is 17.3 Å². The van der Waals surface area contributed by atoms with E-state index in [-0.39, 0.29) is 12.5 Å². The Balaban J connectivity index is 1.11. The number of aliphatic hydroxyl groups excluding tert-OH is 1. The highest BCUT2D eigenvalue weighted by atomic mass is 16.5. The number of aromatic nitrogens is 4. The molecule has 1 saturated heterocycles. The molecule has 8 rings (SSSR count). The van der Waals surface area contributed by atoms with Gasteiger partial charge in [0, 0.05) is 67.1 Å². The van der Waals surface area contributed by atoms with E-state index in [1.807, 2.05) is 37.3 Å². The molecule has 2 aliphatic heterocycles. The number of piperidine rings is 1. The summed E-state index contributed by atoms with van der Waals surface area (Å²) in [7, 11) is 3.29. The van der Waals surface area contributed by atoms with Gasteiger partial charge in [-0.2, -0.15) is 0 Å². The van der Waals surface area contributed by atoms with Crippen molar-refractivity contribution in [1.82, 2.24) is 19.9 Å².